The van der Waals surface area contributed by atoms with Gasteiger partial charge < -0.3 is 19.5 Å². The molecule has 1 N–H and O–H groups in total. The van der Waals surface area contributed by atoms with Crippen LogP contribution in [-0.2, 0) is 4.79 Å². The van der Waals surface area contributed by atoms with E-state index >= 15 is 0 Å². The first-order valence-electron chi connectivity index (χ1n) is 7.43. The van der Waals surface area contributed by atoms with Crippen molar-refractivity contribution < 1.29 is 19.0 Å². The van der Waals surface area contributed by atoms with Crippen LogP contribution in [0.25, 0.3) is 0 Å². The summed E-state index contributed by atoms with van der Waals surface area (Å²) in [7, 11) is 3.19. The summed E-state index contributed by atoms with van der Waals surface area (Å²) in [4.78, 5) is 12.1. The van der Waals surface area contributed by atoms with Crippen molar-refractivity contribution in [2.75, 3.05) is 20.8 Å². The van der Waals surface area contributed by atoms with Gasteiger partial charge in [0, 0.05) is 5.56 Å². The molecular formula is C18H20BrNO4. The molecule has 1 amide bonds. The van der Waals surface area contributed by atoms with Crippen LogP contribution in [0.4, 0.5) is 0 Å². The Morgan fingerprint density at radius 2 is 1.88 bits per heavy atom. The first kappa shape index (κ1) is 18.1. The minimum absolute atomic E-state index is 0.0702. The van der Waals surface area contributed by atoms with E-state index in [4.69, 9.17) is 14.2 Å². The Labute approximate surface area is 150 Å². The Morgan fingerprint density at radius 3 is 2.54 bits per heavy atom. The number of hydrogen-bond acceptors (Lipinski definition) is 4. The van der Waals surface area contributed by atoms with Crippen molar-refractivity contribution in [1.82, 2.24) is 5.32 Å². The lowest BCUT2D eigenvalue weighted by molar-refractivity contribution is -0.123. The van der Waals surface area contributed by atoms with E-state index in [1.165, 1.54) is 0 Å². The predicted molar refractivity (Wildman–Crippen MR) is 95.7 cm³/mol. The third-order valence-corrected chi connectivity index (χ3v) is 4.13. The molecule has 0 saturated carbocycles. The lowest BCUT2D eigenvalue weighted by Crippen LogP contribution is -2.31. The van der Waals surface area contributed by atoms with Gasteiger partial charge in [-0.1, -0.05) is 12.1 Å². The van der Waals surface area contributed by atoms with Gasteiger partial charge in [-0.2, -0.15) is 0 Å². The van der Waals surface area contributed by atoms with Crippen molar-refractivity contribution in [3.05, 3.63) is 52.5 Å². The second kappa shape index (κ2) is 8.59. The van der Waals surface area contributed by atoms with E-state index in [0.717, 1.165) is 10.0 Å². The average Bonchev–Trinajstić information content (AvgIpc) is 2.60. The largest absolute Gasteiger partial charge is 0.497 e. The van der Waals surface area contributed by atoms with Crippen LogP contribution in [0.1, 0.15) is 18.5 Å². The van der Waals surface area contributed by atoms with Gasteiger partial charge in [-0.3, -0.25) is 4.79 Å². The summed E-state index contributed by atoms with van der Waals surface area (Å²) in [5.41, 5.74) is 0.839. The molecular weight excluding hydrogens is 374 g/mol. The zero-order chi connectivity index (χ0) is 17.5. The van der Waals surface area contributed by atoms with Crippen LogP contribution in [0.2, 0.25) is 0 Å². The van der Waals surface area contributed by atoms with Crippen LogP contribution < -0.4 is 19.5 Å². The molecule has 0 aliphatic heterocycles. The SMILES string of the molecule is COc1ccc(OC)c([C@H](C)NC(=O)COc2ccccc2Br)c1. The molecule has 128 valence electrons. The molecule has 0 spiro atoms. The summed E-state index contributed by atoms with van der Waals surface area (Å²) in [6.45, 7) is 1.81. The van der Waals surface area contributed by atoms with Gasteiger partial charge in [-0.05, 0) is 53.2 Å². The standard InChI is InChI=1S/C18H20BrNO4/c1-12(14-10-13(22-2)8-9-16(14)23-3)20-18(21)11-24-17-7-5-4-6-15(17)19/h4-10,12H,11H2,1-3H3,(H,20,21)/t12-/m0/s1. The molecule has 24 heavy (non-hydrogen) atoms. The number of para-hydroxylation sites is 1. The molecule has 0 fully saturated rings. The molecule has 5 nitrogen and oxygen atoms in total. The zero-order valence-corrected chi connectivity index (χ0v) is 15.4. The predicted octanol–water partition coefficient (Wildman–Crippen LogP) is 3.72. The number of benzene rings is 2. The highest BCUT2D eigenvalue weighted by Crippen LogP contribution is 2.29. The van der Waals surface area contributed by atoms with Crippen molar-refractivity contribution in [3.8, 4) is 17.2 Å². The highest BCUT2D eigenvalue weighted by atomic mass is 79.9. The maximum absolute atomic E-state index is 12.1. The van der Waals surface area contributed by atoms with Crippen molar-refractivity contribution in [2.24, 2.45) is 0 Å². The lowest BCUT2D eigenvalue weighted by Gasteiger charge is -2.18. The summed E-state index contributed by atoms with van der Waals surface area (Å²) >= 11 is 3.38. The highest BCUT2D eigenvalue weighted by Gasteiger charge is 2.16. The van der Waals surface area contributed by atoms with E-state index in [1.807, 2.05) is 43.3 Å². The van der Waals surface area contributed by atoms with E-state index in [0.29, 0.717) is 17.2 Å². The fourth-order valence-corrected chi connectivity index (χ4v) is 2.64. The molecule has 0 saturated heterocycles. The number of hydrogen-bond donors (Lipinski definition) is 1. The molecule has 1 atom stereocenters. The fraction of sp³-hybridized carbons (Fsp3) is 0.278. The molecule has 2 aromatic rings. The average molecular weight is 394 g/mol. The van der Waals surface area contributed by atoms with Gasteiger partial charge in [-0.15, -0.1) is 0 Å². The Kier molecular flexibility index (Phi) is 6.49. The summed E-state index contributed by atoms with van der Waals surface area (Å²) in [6, 6.07) is 12.6. The summed E-state index contributed by atoms with van der Waals surface area (Å²) in [6.07, 6.45) is 0. The van der Waals surface area contributed by atoms with E-state index in [9.17, 15) is 4.79 Å². The van der Waals surface area contributed by atoms with Crippen molar-refractivity contribution >= 4 is 21.8 Å². The number of carbonyl (C=O) groups is 1. The number of nitrogens with one attached hydrogen (secondary N) is 1. The summed E-state index contributed by atoms with van der Waals surface area (Å²) in [5.74, 6) is 1.80. The van der Waals surface area contributed by atoms with Gasteiger partial charge in [-0.25, -0.2) is 0 Å². The van der Waals surface area contributed by atoms with Gasteiger partial charge in [0.1, 0.15) is 17.2 Å². The zero-order valence-electron chi connectivity index (χ0n) is 13.8. The normalized spacial score (nSPS) is 11.5. The van der Waals surface area contributed by atoms with Crippen LogP contribution in [0.15, 0.2) is 46.9 Å². The van der Waals surface area contributed by atoms with Crippen molar-refractivity contribution in [2.45, 2.75) is 13.0 Å². The van der Waals surface area contributed by atoms with Gasteiger partial charge in [0.25, 0.3) is 5.91 Å². The van der Waals surface area contributed by atoms with Gasteiger partial charge >= 0.3 is 0 Å². The van der Waals surface area contributed by atoms with Gasteiger partial charge in [0.05, 0.1) is 24.7 Å². The van der Waals surface area contributed by atoms with E-state index < -0.39 is 0 Å². The van der Waals surface area contributed by atoms with Crippen LogP contribution in [0.5, 0.6) is 17.2 Å². The molecule has 0 bridgehead atoms. The third-order valence-electron chi connectivity index (χ3n) is 3.48. The minimum atomic E-state index is -0.245. The van der Waals surface area contributed by atoms with Crippen molar-refractivity contribution in [3.63, 3.8) is 0 Å². The molecule has 2 aromatic carbocycles. The molecule has 6 heteroatoms. The number of ether oxygens (including phenoxy) is 3. The lowest BCUT2D eigenvalue weighted by atomic mass is 10.1. The van der Waals surface area contributed by atoms with Gasteiger partial charge in [0.15, 0.2) is 6.61 Å². The molecule has 0 heterocycles. The van der Waals surface area contributed by atoms with Crippen LogP contribution in [-0.4, -0.2) is 26.7 Å². The van der Waals surface area contributed by atoms with Crippen LogP contribution >= 0.6 is 15.9 Å². The Balaban J connectivity index is 2.00. The maximum Gasteiger partial charge on any atom is 0.258 e. The van der Waals surface area contributed by atoms with E-state index in [1.54, 1.807) is 20.3 Å². The number of methoxy groups -OCH3 is 2. The van der Waals surface area contributed by atoms with Crippen LogP contribution in [0, 0.1) is 0 Å². The Morgan fingerprint density at radius 1 is 1.12 bits per heavy atom. The first-order chi connectivity index (χ1) is 11.5. The second-order valence-electron chi connectivity index (χ2n) is 5.12. The Bertz CT molecular complexity index is 705. The second-order valence-corrected chi connectivity index (χ2v) is 5.97. The monoisotopic (exact) mass is 393 g/mol. The summed E-state index contributed by atoms with van der Waals surface area (Å²) in [5, 5.41) is 2.90. The van der Waals surface area contributed by atoms with Crippen molar-refractivity contribution in [1.29, 1.82) is 0 Å². The topological polar surface area (TPSA) is 56.8 Å². The molecule has 0 aliphatic carbocycles. The van der Waals surface area contributed by atoms with Crippen LogP contribution in [0.3, 0.4) is 0 Å². The highest BCUT2D eigenvalue weighted by molar-refractivity contribution is 9.10. The molecule has 2 rings (SSSR count). The van der Waals surface area contributed by atoms with E-state index in [2.05, 4.69) is 21.2 Å². The molecule has 0 unspecified atom stereocenters. The minimum Gasteiger partial charge on any atom is -0.497 e. The molecule has 0 aromatic heterocycles. The maximum atomic E-state index is 12.1. The number of halogens is 1. The molecule has 0 radical (unpaired) electrons. The quantitative estimate of drug-likeness (QED) is 0.778. The Hall–Kier alpha value is -2.21. The number of carbonyl (C=O) groups excluding carboxylic acids is 1. The molecule has 0 aliphatic rings. The smallest absolute Gasteiger partial charge is 0.258 e. The fourth-order valence-electron chi connectivity index (χ4n) is 2.24. The number of rotatable bonds is 7. The van der Waals surface area contributed by atoms with Gasteiger partial charge in [0.2, 0.25) is 0 Å². The summed E-state index contributed by atoms with van der Waals surface area (Å²) < 4.78 is 16.9. The third kappa shape index (κ3) is 4.64. The first-order valence-corrected chi connectivity index (χ1v) is 8.23. The number of amides is 1. The van der Waals surface area contributed by atoms with E-state index in [-0.39, 0.29) is 18.6 Å².